The van der Waals surface area contributed by atoms with Gasteiger partial charge in [0.1, 0.15) is 0 Å². The summed E-state index contributed by atoms with van der Waals surface area (Å²) < 4.78 is 72.3. The zero-order valence-electron chi connectivity index (χ0n) is 11.4. The number of hydrogen-bond donors (Lipinski definition) is 0. The van der Waals surface area contributed by atoms with Crippen molar-refractivity contribution in [2.45, 2.75) is 12.4 Å². The average molecular weight is 352 g/mol. The van der Waals surface area contributed by atoms with Crippen LogP contribution in [0.25, 0.3) is 11.5 Å². The van der Waals surface area contributed by atoms with Crippen molar-refractivity contribution in [3.8, 4) is 0 Å². The number of halogens is 6. The molecule has 0 radical (unpaired) electrons. The molecule has 0 heterocycles. The van der Waals surface area contributed by atoms with Crippen LogP contribution < -0.4 is 10.2 Å². The molecule has 0 saturated carbocycles. The van der Waals surface area contributed by atoms with Crippen LogP contribution >= 0.6 is 0 Å². The fourth-order valence-corrected chi connectivity index (χ4v) is 1.39. The summed E-state index contributed by atoms with van der Waals surface area (Å²) in [4.78, 5) is 21.4. The molecule has 0 aliphatic rings. The minimum atomic E-state index is -5.27. The average Bonchev–Trinajstić information content (AvgIpc) is 2.45. The van der Waals surface area contributed by atoms with Gasteiger partial charge in [-0.25, -0.2) is 0 Å². The predicted molar refractivity (Wildman–Crippen MR) is 64.5 cm³/mol. The van der Waals surface area contributed by atoms with Gasteiger partial charge in [0.25, 0.3) is 11.6 Å². The number of carbonyl (C=O) groups is 2. The van der Waals surface area contributed by atoms with Crippen LogP contribution in [0.1, 0.15) is 11.1 Å². The van der Waals surface area contributed by atoms with Crippen molar-refractivity contribution in [2.24, 2.45) is 0 Å². The first-order chi connectivity index (χ1) is 10.8. The third-order valence-electron chi connectivity index (χ3n) is 2.51. The fourth-order valence-electron chi connectivity index (χ4n) is 1.39. The molecule has 1 aromatic carbocycles. The largest absolute Gasteiger partial charge is 0.872 e. The Morgan fingerprint density at radius 1 is 0.792 bits per heavy atom. The van der Waals surface area contributed by atoms with Crippen molar-refractivity contribution < 1.29 is 46.1 Å². The second kappa shape index (κ2) is 6.77. The molecule has 0 aliphatic carbocycles. The van der Waals surface area contributed by atoms with E-state index in [9.17, 15) is 46.1 Å². The van der Waals surface area contributed by atoms with Crippen molar-refractivity contribution in [3.63, 3.8) is 0 Å². The topological polar surface area (TPSA) is 80.3 Å². The summed E-state index contributed by atoms with van der Waals surface area (Å²) in [5.74, 6) is -7.64. The van der Waals surface area contributed by atoms with Gasteiger partial charge in [-0.15, -0.1) is 0 Å². The van der Waals surface area contributed by atoms with Gasteiger partial charge in [0.05, 0.1) is 0 Å². The van der Waals surface area contributed by atoms with Crippen LogP contribution in [0, 0.1) is 0 Å². The van der Waals surface area contributed by atoms with E-state index in [0.717, 1.165) is 18.2 Å². The summed E-state index contributed by atoms with van der Waals surface area (Å²) in [6, 6.07) is 3.57. The zero-order chi connectivity index (χ0) is 18.7. The number of allylic oxidation sites excluding steroid dienone is 2. The highest BCUT2D eigenvalue weighted by Gasteiger charge is 2.36. The minimum Gasteiger partial charge on any atom is -0.872 e. The van der Waals surface area contributed by atoms with E-state index in [1.54, 1.807) is 0 Å². The number of alkyl halides is 6. The van der Waals surface area contributed by atoms with Gasteiger partial charge >= 0.3 is 12.4 Å². The van der Waals surface area contributed by atoms with Gasteiger partial charge in [-0.1, -0.05) is 29.7 Å². The molecule has 10 heteroatoms. The first kappa shape index (κ1) is 19.3. The third-order valence-corrected chi connectivity index (χ3v) is 2.51. The van der Waals surface area contributed by atoms with E-state index in [2.05, 4.69) is 0 Å². The number of rotatable bonds is 4. The van der Waals surface area contributed by atoms with Crippen LogP contribution in [0.5, 0.6) is 0 Å². The van der Waals surface area contributed by atoms with E-state index in [4.69, 9.17) is 0 Å². The highest BCUT2D eigenvalue weighted by Crippen LogP contribution is 2.22. The first-order valence-corrected chi connectivity index (χ1v) is 5.93. The summed E-state index contributed by atoms with van der Waals surface area (Å²) in [5.41, 5.74) is -1.07. The fraction of sp³-hybridized carbons (Fsp3) is 0.143. The van der Waals surface area contributed by atoms with Crippen molar-refractivity contribution in [1.82, 2.24) is 0 Å². The van der Waals surface area contributed by atoms with Crippen molar-refractivity contribution in [2.75, 3.05) is 0 Å². The number of benzene rings is 1. The van der Waals surface area contributed by atoms with E-state index in [0.29, 0.717) is 6.07 Å². The van der Waals surface area contributed by atoms with Gasteiger partial charge in [-0.05, 0) is 29.3 Å². The summed E-state index contributed by atoms with van der Waals surface area (Å²) in [6.07, 6.45) is -11.0. The lowest BCUT2D eigenvalue weighted by Gasteiger charge is -2.17. The Labute approximate surface area is 130 Å². The van der Waals surface area contributed by atoms with E-state index in [1.807, 2.05) is 0 Å². The zero-order valence-corrected chi connectivity index (χ0v) is 11.4. The minimum absolute atomic E-state index is 0.256. The number of carbonyl (C=O) groups excluding carboxylic acids is 2. The van der Waals surface area contributed by atoms with Crippen molar-refractivity contribution in [1.29, 1.82) is 0 Å². The quantitative estimate of drug-likeness (QED) is 0.466. The summed E-state index contributed by atoms with van der Waals surface area (Å²) >= 11 is 0. The molecule has 0 fully saturated rings. The molecule has 0 amide bonds. The maximum Gasteiger partial charge on any atom is 0.454 e. The monoisotopic (exact) mass is 352 g/mol. The normalized spacial score (nSPS) is 13.8. The Morgan fingerprint density at radius 2 is 1.12 bits per heavy atom. The van der Waals surface area contributed by atoms with Crippen LogP contribution in [0.4, 0.5) is 26.3 Å². The summed E-state index contributed by atoms with van der Waals surface area (Å²) in [7, 11) is 0. The highest BCUT2D eigenvalue weighted by molar-refractivity contribution is 6.00. The second-order valence-corrected chi connectivity index (χ2v) is 4.32. The molecule has 1 aromatic rings. The van der Waals surface area contributed by atoms with Gasteiger partial charge < -0.3 is 10.2 Å². The molecule has 0 spiro atoms. The highest BCUT2D eigenvalue weighted by atomic mass is 19.4. The number of hydrogen-bond acceptors (Lipinski definition) is 4. The first-order valence-electron chi connectivity index (χ1n) is 5.93. The molecular formula is C14H6F6O4-2. The SMILES string of the molecule is O=C(/C=C(\[O-])c1cccc(/C([O-])=C/C(=O)C(F)(F)F)c1)C(F)(F)F. The van der Waals surface area contributed by atoms with E-state index < -0.39 is 46.6 Å². The maximum atomic E-state index is 12.1. The van der Waals surface area contributed by atoms with E-state index >= 15 is 0 Å². The van der Waals surface area contributed by atoms with Gasteiger partial charge in [0.2, 0.25) is 0 Å². The van der Waals surface area contributed by atoms with Crippen LogP contribution in [-0.2, 0) is 9.59 Å². The molecule has 24 heavy (non-hydrogen) atoms. The molecule has 0 atom stereocenters. The Bertz CT molecular complexity index is 655. The Kier molecular flexibility index (Phi) is 5.43. The lowest BCUT2D eigenvalue weighted by atomic mass is 10.1. The predicted octanol–water partition coefficient (Wildman–Crippen LogP) is 1.35. The Hall–Kier alpha value is -2.78. The van der Waals surface area contributed by atoms with E-state index in [-0.39, 0.29) is 12.2 Å². The van der Waals surface area contributed by atoms with Crippen molar-refractivity contribution in [3.05, 3.63) is 47.5 Å². The van der Waals surface area contributed by atoms with Gasteiger partial charge in [-0.3, -0.25) is 9.59 Å². The maximum absolute atomic E-state index is 12.1. The standard InChI is InChI=1S/C14H8F6O4/c15-13(16,17)11(23)5-9(21)7-2-1-3-8(4-7)10(22)6-12(24)14(18,19)20/h1-6,21-22H/p-2/b9-5-,10-6-. The van der Waals surface area contributed by atoms with Gasteiger partial charge in [0, 0.05) is 0 Å². The molecule has 0 aliphatic heterocycles. The summed E-state index contributed by atoms with van der Waals surface area (Å²) in [5, 5.41) is 23.0. The van der Waals surface area contributed by atoms with Crippen LogP contribution in [0.3, 0.4) is 0 Å². The summed E-state index contributed by atoms with van der Waals surface area (Å²) in [6.45, 7) is 0. The smallest absolute Gasteiger partial charge is 0.454 e. The van der Waals surface area contributed by atoms with Crippen LogP contribution in [0.15, 0.2) is 36.4 Å². The van der Waals surface area contributed by atoms with Crippen LogP contribution in [-0.4, -0.2) is 23.9 Å². The molecule has 0 bridgehead atoms. The number of ketones is 2. The molecule has 0 saturated heterocycles. The van der Waals surface area contributed by atoms with Gasteiger partial charge in [0.15, 0.2) is 0 Å². The molecule has 0 aromatic heterocycles. The molecule has 1 rings (SSSR count). The van der Waals surface area contributed by atoms with Crippen LogP contribution in [0.2, 0.25) is 0 Å². The lowest BCUT2D eigenvalue weighted by Crippen LogP contribution is -2.22. The molecular weight excluding hydrogens is 346 g/mol. The molecule has 130 valence electrons. The third kappa shape index (κ3) is 5.14. The Morgan fingerprint density at radius 3 is 1.42 bits per heavy atom. The second-order valence-electron chi connectivity index (χ2n) is 4.32. The van der Waals surface area contributed by atoms with Gasteiger partial charge in [-0.2, -0.15) is 26.3 Å². The van der Waals surface area contributed by atoms with E-state index in [1.165, 1.54) is 0 Å². The van der Waals surface area contributed by atoms with Crippen molar-refractivity contribution >= 4 is 23.1 Å². The Balaban J connectivity index is 3.15. The lowest BCUT2D eigenvalue weighted by molar-refractivity contribution is -0.244. The molecule has 0 unspecified atom stereocenters. The molecule has 0 N–H and O–H groups in total. The molecule has 4 nitrogen and oxygen atoms in total.